The van der Waals surface area contributed by atoms with E-state index < -0.39 is 34.0 Å². The Balaban J connectivity index is 1.91. The van der Waals surface area contributed by atoms with Crippen LogP contribution < -0.4 is 10.0 Å². The first-order chi connectivity index (χ1) is 15.1. The summed E-state index contributed by atoms with van der Waals surface area (Å²) < 4.78 is 38.3. The third kappa shape index (κ3) is 5.01. The lowest BCUT2D eigenvalue weighted by Crippen LogP contribution is -2.44. The molecule has 3 N–H and O–H groups in total. The normalized spacial score (nSPS) is 12.4. The highest BCUT2D eigenvalue weighted by atomic mass is 32.2. The number of carbonyl (C=O) groups is 2. The van der Waals surface area contributed by atoms with Gasteiger partial charge in [-0.15, -0.1) is 5.92 Å². The van der Waals surface area contributed by atoms with Crippen LogP contribution in [0.15, 0.2) is 45.7 Å². The molecule has 0 saturated heterocycles. The fraction of sp³-hybridized carbons (Fsp3) is 0.273. The Kier molecular flexibility index (Phi) is 6.72. The minimum atomic E-state index is -4.09. The van der Waals surface area contributed by atoms with Crippen molar-refractivity contribution in [1.82, 2.24) is 4.72 Å². The van der Waals surface area contributed by atoms with Gasteiger partial charge in [0.15, 0.2) is 6.61 Å². The van der Waals surface area contributed by atoms with Crippen molar-refractivity contribution in [2.75, 3.05) is 11.9 Å². The van der Waals surface area contributed by atoms with Crippen molar-refractivity contribution in [1.29, 1.82) is 0 Å². The zero-order valence-corrected chi connectivity index (χ0v) is 18.4. The molecular weight excluding hydrogens is 436 g/mol. The molecule has 1 aromatic heterocycles. The third-order valence-electron chi connectivity index (χ3n) is 4.67. The number of carboxylic acids is 1. The Hall–Kier alpha value is -3.55. The van der Waals surface area contributed by atoms with Crippen molar-refractivity contribution in [3.63, 3.8) is 0 Å². The molecule has 0 aliphatic carbocycles. The lowest BCUT2D eigenvalue weighted by atomic mass is 10.1. The van der Waals surface area contributed by atoms with Gasteiger partial charge in [0, 0.05) is 22.5 Å². The summed E-state index contributed by atoms with van der Waals surface area (Å²) in [6, 6.07) is 7.96. The van der Waals surface area contributed by atoms with Crippen molar-refractivity contribution < 1.29 is 32.3 Å². The Labute approximate surface area is 184 Å². The van der Waals surface area contributed by atoms with Crippen molar-refractivity contribution in [3.8, 4) is 11.8 Å². The molecule has 0 unspecified atom stereocenters. The number of carboxylic acid groups (broad SMARTS) is 1. The topological polar surface area (TPSA) is 135 Å². The lowest BCUT2D eigenvalue weighted by Gasteiger charge is -2.17. The molecule has 32 heavy (non-hydrogen) atoms. The van der Waals surface area contributed by atoms with Gasteiger partial charge in [0.25, 0.3) is 0 Å². The number of hydrogen-bond donors (Lipinski definition) is 3. The molecule has 0 fully saturated rings. The van der Waals surface area contributed by atoms with Gasteiger partial charge >= 0.3 is 12.1 Å². The summed E-state index contributed by atoms with van der Waals surface area (Å²) in [6.45, 7) is 4.84. The number of sulfonamides is 1. The van der Waals surface area contributed by atoms with Crippen LogP contribution in [0.3, 0.4) is 0 Å². The van der Waals surface area contributed by atoms with Crippen molar-refractivity contribution in [2.24, 2.45) is 5.92 Å². The number of hydrogen-bond acceptors (Lipinski definition) is 6. The van der Waals surface area contributed by atoms with Gasteiger partial charge in [0.05, 0.1) is 4.90 Å². The highest BCUT2D eigenvalue weighted by molar-refractivity contribution is 7.89. The average molecular weight is 458 g/mol. The van der Waals surface area contributed by atoms with Gasteiger partial charge < -0.3 is 14.3 Å². The summed E-state index contributed by atoms with van der Waals surface area (Å²) in [6.07, 6.45) is -0.655. The minimum absolute atomic E-state index is 0.0238. The first kappa shape index (κ1) is 23.1. The van der Waals surface area contributed by atoms with E-state index in [0.29, 0.717) is 27.6 Å². The van der Waals surface area contributed by atoms with Gasteiger partial charge in [-0.25, -0.2) is 13.2 Å². The number of carbonyl (C=O) groups excluding carboxylic acids is 1. The van der Waals surface area contributed by atoms with Gasteiger partial charge in [-0.1, -0.05) is 19.8 Å². The van der Waals surface area contributed by atoms with Crippen LogP contribution in [0.1, 0.15) is 20.8 Å². The fourth-order valence-corrected chi connectivity index (χ4v) is 4.39. The summed E-state index contributed by atoms with van der Waals surface area (Å²) >= 11 is 0. The van der Waals surface area contributed by atoms with Crippen molar-refractivity contribution in [2.45, 2.75) is 31.7 Å². The molecule has 10 heteroatoms. The van der Waals surface area contributed by atoms with E-state index in [1.165, 1.54) is 12.1 Å². The van der Waals surface area contributed by atoms with Crippen LogP contribution in [-0.4, -0.2) is 38.2 Å². The zero-order valence-electron chi connectivity index (χ0n) is 17.6. The standard InChI is InChI=1S/C22H22N2O7S/c1-4-5-10-30-22(27)23-14-6-9-18-17(11-14)16-8-7-15(12-19(16)31-18)32(28,29)24-20(13(2)3)21(25)26/h6-9,11-13,20,24H,10H2,1-3H3,(H,23,27)(H,25,26)/t20-/m0/s1. The highest BCUT2D eigenvalue weighted by Gasteiger charge is 2.28. The average Bonchev–Trinajstić information content (AvgIpc) is 3.09. The quantitative estimate of drug-likeness (QED) is 0.461. The van der Waals surface area contributed by atoms with E-state index in [-0.39, 0.29) is 11.5 Å². The predicted octanol–water partition coefficient (Wildman–Crippen LogP) is 3.55. The number of nitrogens with one attached hydrogen (secondary N) is 2. The summed E-state index contributed by atoms with van der Waals surface area (Å²) in [5.74, 6) is 3.54. The number of aliphatic carboxylic acids is 1. The molecule has 0 aliphatic rings. The molecule has 9 nitrogen and oxygen atoms in total. The number of rotatable bonds is 7. The van der Waals surface area contributed by atoms with Crippen molar-refractivity contribution in [3.05, 3.63) is 36.4 Å². The van der Waals surface area contributed by atoms with Gasteiger partial charge in [0.1, 0.15) is 17.2 Å². The van der Waals surface area contributed by atoms with Crippen LogP contribution in [0.25, 0.3) is 21.9 Å². The summed E-state index contributed by atoms with van der Waals surface area (Å²) in [4.78, 5) is 23.1. The zero-order chi connectivity index (χ0) is 23.5. The predicted molar refractivity (Wildman–Crippen MR) is 119 cm³/mol. The second kappa shape index (κ2) is 9.30. The van der Waals surface area contributed by atoms with Gasteiger partial charge in [0.2, 0.25) is 10.0 Å². The maximum atomic E-state index is 12.7. The lowest BCUT2D eigenvalue weighted by molar-refractivity contribution is -0.140. The monoisotopic (exact) mass is 458 g/mol. The Morgan fingerprint density at radius 3 is 2.53 bits per heavy atom. The first-order valence-electron chi connectivity index (χ1n) is 9.67. The first-order valence-corrected chi connectivity index (χ1v) is 11.2. The Bertz CT molecular complexity index is 1350. The number of amides is 1. The second-order valence-electron chi connectivity index (χ2n) is 7.28. The molecular formula is C22H22N2O7S. The Morgan fingerprint density at radius 2 is 1.88 bits per heavy atom. The van der Waals surface area contributed by atoms with E-state index in [1.54, 1.807) is 45.0 Å². The summed E-state index contributed by atoms with van der Waals surface area (Å²) in [7, 11) is -4.09. The second-order valence-corrected chi connectivity index (χ2v) is 8.99. The van der Waals surface area contributed by atoms with E-state index in [2.05, 4.69) is 21.9 Å². The fourth-order valence-electron chi connectivity index (χ4n) is 3.04. The van der Waals surface area contributed by atoms with E-state index in [9.17, 15) is 23.1 Å². The molecule has 3 aromatic rings. The SMILES string of the molecule is CC#CCOC(=O)Nc1ccc2oc3cc(S(=O)(=O)N[C@H](C(=O)O)C(C)C)ccc3c2c1. The van der Waals surface area contributed by atoms with E-state index in [4.69, 9.17) is 9.15 Å². The maximum absolute atomic E-state index is 12.7. The number of ether oxygens (including phenoxy) is 1. The smallest absolute Gasteiger partial charge is 0.412 e. The van der Waals surface area contributed by atoms with Crippen LogP contribution in [0.2, 0.25) is 0 Å². The molecule has 1 atom stereocenters. The molecule has 0 bridgehead atoms. The molecule has 2 aromatic carbocycles. The summed E-state index contributed by atoms with van der Waals surface area (Å²) in [5.41, 5.74) is 1.26. The summed E-state index contributed by atoms with van der Waals surface area (Å²) in [5, 5.41) is 13.2. The van der Waals surface area contributed by atoms with E-state index in [1.807, 2.05) is 0 Å². The molecule has 0 aliphatic heterocycles. The highest BCUT2D eigenvalue weighted by Crippen LogP contribution is 2.32. The number of furan rings is 1. The molecule has 0 radical (unpaired) electrons. The molecule has 168 valence electrons. The number of fused-ring (bicyclic) bond motifs is 3. The number of benzene rings is 2. The molecule has 0 spiro atoms. The van der Waals surface area contributed by atoms with Crippen LogP contribution in [-0.2, 0) is 19.6 Å². The van der Waals surface area contributed by atoms with Crippen LogP contribution in [0.4, 0.5) is 10.5 Å². The minimum Gasteiger partial charge on any atom is -0.480 e. The van der Waals surface area contributed by atoms with Crippen LogP contribution in [0, 0.1) is 17.8 Å². The van der Waals surface area contributed by atoms with Crippen molar-refractivity contribution >= 4 is 49.7 Å². The van der Waals surface area contributed by atoms with Crippen LogP contribution in [0.5, 0.6) is 0 Å². The molecule has 0 saturated carbocycles. The van der Waals surface area contributed by atoms with E-state index in [0.717, 1.165) is 0 Å². The van der Waals surface area contributed by atoms with E-state index >= 15 is 0 Å². The van der Waals surface area contributed by atoms with Crippen LogP contribution >= 0.6 is 0 Å². The largest absolute Gasteiger partial charge is 0.480 e. The molecule has 3 rings (SSSR count). The Morgan fingerprint density at radius 1 is 1.12 bits per heavy atom. The maximum Gasteiger partial charge on any atom is 0.412 e. The van der Waals surface area contributed by atoms with Gasteiger partial charge in [-0.3, -0.25) is 10.1 Å². The molecule has 1 heterocycles. The molecule has 1 amide bonds. The van der Waals surface area contributed by atoms with Gasteiger partial charge in [-0.05, 0) is 43.2 Å². The third-order valence-corrected chi connectivity index (χ3v) is 6.11. The van der Waals surface area contributed by atoms with Gasteiger partial charge in [-0.2, -0.15) is 4.72 Å². The number of anilines is 1.